The fourth-order valence-electron chi connectivity index (χ4n) is 2.06. The lowest BCUT2D eigenvalue weighted by atomic mass is 9.75. The van der Waals surface area contributed by atoms with E-state index in [1.807, 2.05) is 0 Å². The molecular formula is C10H20O6S. The van der Waals surface area contributed by atoms with Crippen molar-refractivity contribution < 1.29 is 28.8 Å². The van der Waals surface area contributed by atoms with Gasteiger partial charge in [0.1, 0.15) is 0 Å². The summed E-state index contributed by atoms with van der Waals surface area (Å²) in [5.74, 6) is 0. The van der Waals surface area contributed by atoms with Crippen LogP contribution in [-0.2, 0) is 10.3 Å². The molecule has 0 radical (unpaired) electrons. The Balaban J connectivity index is 5.42. The predicted octanol–water partition coefficient (Wildman–Crippen LogP) is -1.45. The first-order chi connectivity index (χ1) is 8.07. The third kappa shape index (κ3) is 4.72. The molecule has 102 valence electrons. The molecule has 6 nitrogen and oxygen atoms in total. The monoisotopic (exact) mass is 268 g/mol. The molecule has 17 heavy (non-hydrogen) atoms. The van der Waals surface area contributed by atoms with Gasteiger partial charge in [-0.2, -0.15) is 8.42 Å². The van der Waals surface area contributed by atoms with Gasteiger partial charge >= 0.3 is 0 Å². The molecule has 0 aromatic carbocycles. The SMILES string of the molecule is O=S(=O)=C(CCO)C(CCO)(CCO)CCO. The van der Waals surface area contributed by atoms with Crippen LogP contribution in [0.15, 0.2) is 0 Å². The van der Waals surface area contributed by atoms with Crippen LogP contribution in [0, 0.1) is 5.41 Å². The first kappa shape index (κ1) is 16.5. The van der Waals surface area contributed by atoms with Crippen molar-refractivity contribution in [3.8, 4) is 0 Å². The second-order valence-corrected chi connectivity index (χ2v) is 4.79. The Morgan fingerprint density at radius 2 is 1.24 bits per heavy atom. The lowest BCUT2D eigenvalue weighted by molar-refractivity contribution is 0.148. The van der Waals surface area contributed by atoms with Gasteiger partial charge in [0, 0.05) is 38.3 Å². The summed E-state index contributed by atoms with van der Waals surface area (Å²) >= 11 is 0. The zero-order valence-electron chi connectivity index (χ0n) is 9.67. The summed E-state index contributed by atoms with van der Waals surface area (Å²) in [5, 5.41) is 35.9. The van der Waals surface area contributed by atoms with Gasteiger partial charge in [0.25, 0.3) is 0 Å². The Morgan fingerprint density at radius 1 is 0.824 bits per heavy atom. The van der Waals surface area contributed by atoms with E-state index in [0.29, 0.717) is 0 Å². The van der Waals surface area contributed by atoms with E-state index in [4.69, 9.17) is 20.4 Å². The third-order valence-electron chi connectivity index (χ3n) is 2.90. The average molecular weight is 268 g/mol. The summed E-state index contributed by atoms with van der Waals surface area (Å²) in [4.78, 5) is 0.0529. The molecule has 0 rings (SSSR count). The number of aliphatic hydroxyl groups excluding tert-OH is 4. The van der Waals surface area contributed by atoms with Crippen LogP contribution in [0.5, 0.6) is 0 Å². The Hall–Kier alpha value is -0.470. The van der Waals surface area contributed by atoms with E-state index in [-0.39, 0.29) is 57.0 Å². The topological polar surface area (TPSA) is 115 Å². The largest absolute Gasteiger partial charge is 0.396 e. The summed E-state index contributed by atoms with van der Waals surface area (Å²) in [6, 6.07) is 0. The molecule has 0 aliphatic rings. The zero-order chi connectivity index (χ0) is 13.3. The van der Waals surface area contributed by atoms with Gasteiger partial charge in [-0.05, 0) is 19.3 Å². The van der Waals surface area contributed by atoms with Crippen LogP contribution in [0.25, 0.3) is 0 Å². The third-order valence-corrected chi connectivity index (χ3v) is 3.94. The van der Waals surface area contributed by atoms with E-state index in [2.05, 4.69) is 0 Å². The number of aliphatic hydroxyl groups is 4. The number of hydrogen-bond donors (Lipinski definition) is 4. The standard InChI is InChI=1S/C10H20O6S/c11-5-1-9(17(15)16)10(2-6-12,3-7-13)4-8-14/h11-14H,1-8H2. The van der Waals surface area contributed by atoms with Crippen LogP contribution >= 0.6 is 0 Å². The van der Waals surface area contributed by atoms with Gasteiger partial charge in [-0.3, -0.25) is 0 Å². The molecule has 0 aliphatic carbocycles. The maximum absolute atomic E-state index is 11.2. The first-order valence-corrected chi connectivity index (χ1v) is 6.54. The van der Waals surface area contributed by atoms with Crippen LogP contribution in [0.1, 0.15) is 25.7 Å². The predicted molar refractivity (Wildman–Crippen MR) is 63.2 cm³/mol. The van der Waals surface area contributed by atoms with Crippen LogP contribution < -0.4 is 0 Å². The zero-order valence-corrected chi connectivity index (χ0v) is 10.5. The van der Waals surface area contributed by atoms with E-state index < -0.39 is 15.7 Å². The summed E-state index contributed by atoms with van der Waals surface area (Å²) in [7, 11) is -2.50. The summed E-state index contributed by atoms with van der Waals surface area (Å²) in [6.45, 7) is -1.06. The molecule has 0 atom stereocenters. The Bertz CT molecular complexity index is 310. The summed E-state index contributed by atoms with van der Waals surface area (Å²) in [6.07, 6.45) is 0.364. The highest BCUT2D eigenvalue weighted by Gasteiger charge is 2.35. The number of hydrogen-bond acceptors (Lipinski definition) is 6. The molecule has 0 spiro atoms. The first-order valence-electron chi connectivity index (χ1n) is 5.47. The molecule has 0 heterocycles. The molecule has 0 amide bonds. The summed E-state index contributed by atoms with van der Waals surface area (Å²) in [5.41, 5.74) is -0.965. The van der Waals surface area contributed by atoms with Gasteiger partial charge in [0.2, 0.25) is 10.3 Å². The van der Waals surface area contributed by atoms with Gasteiger partial charge in [-0.25, -0.2) is 0 Å². The van der Waals surface area contributed by atoms with Crippen molar-refractivity contribution in [2.45, 2.75) is 25.7 Å². The van der Waals surface area contributed by atoms with Crippen molar-refractivity contribution in [3.63, 3.8) is 0 Å². The normalized spacial score (nSPS) is 11.5. The van der Waals surface area contributed by atoms with Gasteiger partial charge in [0.05, 0.1) is 4.86 Å². The van der Waals surface area contributed by atoms with Crippen molar-refractivity contribution in [2.75, 3.05) is 26.4 Å². The fourth-order valence-corrected chi connectivity index (χ4v) is 2.98. The lowest BCUT2D eigenvalue weighted by Gasteiger charge is -2.32. The van der Waals surface area contributed by atoms with Crippen molar-refractivity contribution in [2.24, 2.45) is 5.41 Å². The van der Waals surface area contributed by atoms with Gasteiger partial charge in [0.15, 0.2) is 0 Å². The Labute approximate surface area is 102 Å². The van der Waals surface area contributed by atoms with Crippen molar-refractivity contribution in [1.29, 1.82) is 0 Å². The van der Waals surface area contributed by atoms with Crippen LogP contribution in [0.3, 0.4) is 0 Å². The highest BCUT2D eigenvalue weighted by Crippen LogP contribution is 2.33. The summed E-state index contributed by atoms with van der Waals surface area (Å²) < 4.78 is 22.3. The van der Waals surface area contributed by atoms with Gasteiger partial charge in [-0.15, -0.1) is 0 Å². The van der Waals surface area contributed by atoms with Crippen molar-refractivity contribution in [1.82, 2.24) is 0 Å². The maximum Gasteiger partial charge on any atom is 0.213 e. The fraction of sp³-hybridized carbons (Fsp3) is 0.900. The molecule has 0 fully saturated rings. The molecule has 0 saturated carbocycles. The van der Waals surface area contributed by atoms with Gasteiger partial charge in [-0.1, -0.05) is 0 Å². The second-order valence-electron chi connectivity index (χ2n) is 3.83. The van der Waals surface area contributed by atoms with Crippen molar-refractivity contribution >= 4 is 15.2 Å². The number of rotatable bonds is 9. The highest BCUT2D eigenvalue weighted by atomic mass is 32.2. The van der Waals surface area contributed by atoms with Crippen molar-refractivity contribution in [3.05, 3.63) is 0 Å². The minimum atomic E-state index is -2.50. The molecule has 0 aromatic heterocycles. The Morgan fingerprint density at radius 3 is 1.47 bits per heavy atom. The van der Waals surface area contributed by atoms with Crippen LogP contribution in [0.2, 0.25) is 0 Å². The Kier molecular flexibility index (Phi) is 8.36. The molecule has 7 heteroatoms. The molecule has 0 bridgehead atoms. The minimum Gasteiger partial charge on any atom is -0.396 e. The van der Waals surface area contributed by atoms with E-state index in [0.717, 1.165) is 0 Å². The van der Waals surface area contributed by atoms with E-state index in [1.54, 1.807) is 0 Å². The minimum absolute atomic E-state index is 0.0455. The van der Waals surface area contributed by atoms with E-state index >= 15 is 0 Å². The lowest BCUT2D eigenvalue weighted by Crippen LogP contribution is -2.36. The average Bonchev–Trinajstić information content (AvgIpc) is 2.26. The van der Waals surface area contributed by atoms with Gasteiger partial charge < -0.3 is 20.4 Å². The molecule has 0 saturated heterocycles. The smallest absolute Gasteiger partial charge is 0.213 e. The molecule has 0 aliphatic heterocycles. The molecular weight excluding hydrogens is 248 g/mol. The molecule has 0 aromatic rings. The maximum atomic E-state index is 11.2. The van der Waals surface area contributed by atoms with E-state index in [9.17, 15) is 8.42 Å². The highest BCUT2D eigenvalue weighted by molar-refractivity contribution is 7.73. The quantitative estimate of drug-likeness (QED) is 0.380. The van der Waals surface area contributed by atoms with Crippen LogP contribution in [0.4, 0.5) is 0 Å². The molecule has 0 unspecified atom stereocenters. The molecule has 4 N–H and O–H groups in total. The van der Waals surface area contributed by atoms with E-state index in [1.165, 1.54) is 0 Å². The second kappa shape index (κ2) is 8.60. The van der Waals surface area contributed by atoms with Crippen LogP contribution in [-0.4, -0.2) is 60.1 Å².